The van der Waals surface area contributed by atoms with E-state index in [-0.39, 0.29) is 11.9 Å². The molecule has 0 aliphatic rings. The molecule has 1 N–H and O–H groups in total. The van der Waals surface area contributed by atoms with E-state index in [4.69, 9.17) is 4.74 Å². The fraction of sp³-hybridized carbons (Fsp3) is 0.474. The fourth-order valence-electron chi connectivity index (χ4n) is 2.65. The van der Waals surface area contributed by atoms with Crippen LogP contribution in [0.15, 0.2) is 30.3 Å². The van der Waals surface area contributed by atoms with E-state index in [0.29, 0.717) is 12.3 Å². The van der Waals surface area contributed by atoms with Gasteiger partial charge >= 0.3 is 0 Å². The van der Waals surface area contributed by atoms with Gasteiger partial charge in [-0.1, -0.05) is 38.5 Å². The molecular formula is C19H27N3O2. The standard InChI is InChI=1S/C19H27N3O2/c1-5-9-15-13-17(22(4)21-15)19(23)20-14(3)16-10-7-8-11-18(16)24-12-6-2/h7-8,10-11,13-14H,5-6,9,12H2,1-4H3,(H,20,23). The molecule has 2 aromatic rings. The Kier molecular flexibility index (Phi) is 6.41. The molecule has 0 saturated carbocycles. The number of carbonyl (C=O) groups excluding carboxylic acids is 1. The largest absolute Gasteiger partial charge is 0.493 e. The molecule has 0 bridgehead atoms. The summed E-state index contributed by atoms with van der Waals surface area (Å²) in [5.41, 5.74) is 2.51. The molecule has 1 atom stereocenters. The molecule has 0 aliphatic heterocycles. The molecule has 1 amide bonds. The summed E-state index contributed by atoms with van der Waals surface area (Å²) in [5.74, 6) is 0.703. The Bertz CT molecular complexity index is 679. The molecule has 24 heavy (non-hydrogen) atoms. The van der Waals surface area contributed by atoms with Crippen molar-refractivity contribution in [1.82, 2.24) is 15.1 Å². The third kappa shape index (κ3) is 4.37. The predicted molar refractivity (Wildman–Crippen MR) is 95.3 cm³/mol. The van der Waals surface area contributed by atoms with Crippen LogP contribution in [0.3, 0.4) is 0 Å². The minimum atomic E-state index is -0.143. The number of para-hydroxylation sites is 1. The third-order valence-corrected chi connectivity index (χ3v) is 3.86. The van der Waals surface area contributed by atoms with E-state index < -0.39 is 0 Å². The first-order valence-corrected chi connectivity index (χ1v) is 8.62. The van der Waals surface area contributed by atoms with E-state index in [1.165, 1.54) is 0 Å². The van der Waals surface area contributed by atoms with E-state index in [0.717, 1.165) is 36.3 Å². The van der Waals surface area contributed by atoms with Crippen molar-refractivity contribution in [2.75, 3.05) is 6.61 Å². The smallest absolute Gasteiger partial charge is 0.270 e. The van der Waals surface area contributed by atoms with Crippen LogP contribution in [-0.2, 0) is 13.5 Å². The lowest BCUT2D eigenvalue weighted by molar-refractivity contribution is 0.0930. The van der Waals surface area contributed by atoms with Gasteiger partial charge in [0.2, 0.25) is 0 Å². The quantitative estimate of drug-likeness (QED) is 0.804. The summed E-state index contributed by atoms with van der Waals surface area (Å²) in [6, 6.07) is 9.56. The number of hydrogen-bond donors (Lipinski definition) is 1. The van der Waals surface area contributed by atoms with Gasteiger partial charge in [0.25, 0.3) is 5.91 Å². The Labute approximate surface area is 144 Å². The first kappa shape index (κ1) is 18.0. The summed E-state index contributed by atoms with van der Waals surface area (Å²) in [6.45, 7) is 6.81. The molecule has 1 heterocycles. The molecule has 1 aromatic heterocycles. The number of hydrogen-bond acceptors (Lipinski definition) is 3. The lowest BCUT2D eigenvalue weighted by Crippen LogP contribution is -2.28. The Balaban J connectivity index is 2.11. The van der Waals surface area contributed by atoms with Gasteiger partial charge in [-0.2, -0.15) is 5.10 Å². The monoisotopic (exact) mass is 329 g/mol. The summed E-state index contributed by atoms with van der Waals surface area (Å²) in [5, 5.41) is 7.44. The van der Waals surface area contributed by atoms with Crippen LogP contribution >= 0.6 is 0 Å². The van der Waals surface area contributed by atoms with Gasteiger partial charge in [0.1, 0.15) is 11.4 Å². The van der Waals surface area contributed by atoms with E-state index in [1.807, 2.05) is 37.3 Å². The number of carbonyl (C=O) groups is 1. The highest BCUT2D eigenvalue weighted by Crippen LogP contribution is 2.25. The normalized spacial score (nSPS) is 12.0. The summed E-state index contributed by atoms with van der Waals surface area (Å²) in [6.07, 6.45) is 2.84. The van der Waals surface area contributed by atoms with Crippen molar-refractivity contribution in [3.05, 3.63) is 47.3 Å². The van der Waals surface area contributed by atoms with Gasteiger partial charge in [-0.3, -0.25) is 9.48 Å². The number of nitrogens with zero attached hydrogens (tertiary/aromatic N) is 2. The first-order chi connectivity index (χ1) is 11.6. The summed E-state index contributed by atoms with van der Waals surface area (Å²) >= 11 is 0. The number of ether oxygens (including phenoxy) is 1. The van der Waals surface area contributed by atoms with E-state index >= 15 is 0 Å². The number of amides is 1. The highest BCUT2D eigenvalue weighted by Gasteiger charge is 2.18. The maximum Gasteiger partial charge on any atom is 0.270 e. The topological polar surface area (TPSA) is 56.1 Å². The Morgan fingerprint density at radius 1 is 1.29 bits per heavy atom. The Hall–Kier alpha value is -2.30. The van der Waals surface area contributed by atoms with Crippen LogP contribution < -0.4 is 10.1 Å². The summed E-state index contributed by atoms with van der Waals surface area (Å²) < 4.78 is 7.43. The molecule has 5 nitrogen and oxygen atoms in total. The van der Waals surface area contributed by atoms with Gasteiger partial charge in [-0.25, -0.2) is 0 Å². The predicted octanol–water partition coefficient (Wildman–Crippen LogP) is 3.65. The van der Waals surface area contributed by atoms with Gasteiger partial charge in [0.05, 0.1) is 18.3 Å². The number of aromatic nitrogens is 2. The van der Waals surface area contributed by atoms with Crippen LogP contribution in [0.4, 0.5) is 0 Å². The number of benzene rings is 1. The number of aryl methyl sites for hydroxylation is 2. The zero-order chi connectivity index (χ0) is 17.5. The van der Waals surface area contributed by atoms with Gasteiger partial charge in [-0.15, -0.1) is 0 Å². The summed E-state index contributed by atoms with van der Waals surface area (Å²) in [7, 11) is 1.80. The number of rotatable bonds is 8. The van der Waals surface area contributed by atoms with Crippen molar-refractivity contribution in [3.8, 4) is 5.75 Å². The molecule has 0 aliphatic carbocycles. The average Bonchev–Trinajstić information content (AvgIpc) is 2.94. The Morgan fingerprint density at radius 2 is 2.04 bits per heavy atom. The second-order valence-corrected chi connectivity index (χ2v) is 5.98. The van der Waals surface area contributed by atoms with Crippen molar-refractivity contribution in [3.63, 3.8) is 0 Å². The van der Waals surface area contributed by atoms with Crippen molar-refractivity contribution >= 4 is 5.91 Å². The first-order valence-electron chi connectivity index (χ1n) is 8.62. The van der Waals surface area contributed by atoms with Crippen LogP contribution in [-0.4, -0.2) is 22.3 Å². The maximum atomic E-state index is 12.6. The zero-order valence-corrected chi connectivity index (χ0v) is 15.0. The minimum absolute atomic E-state index is 0.120. The second kappa shape index (κ2) is 8.52. The summed E-state index contributed by atoms with van der Waals surface area (Å²) in [4.78, 5) is 12.6. The van der Waals surface area contributed by atoms with Gasteiger partial charge < -0.3 is 10.1 Å². The highest BCUT2D eigenvalue weighted by atomic mass is 16.5. The van der Waals surface area contributed by atoms with Crippen molar-refractivity contribution in [2.45, 2.75) is 46.1 Å². The molecule has 5 heteroatoms. The van der Waals surface area contributed by atoms with Gasteiger partial charge in [-0.05, 0) is 31.9 Å². The Morgan fingerprint density at radius 3 is 2.75 bits per heavy atom. The lowest BCUT2D eigenvalue weighted by Gasteiger charge is -2.18. The average molecular weight is 329 g/mol. The maximum absolute atomic E-state index is 12.6. The van der Waals surface area contributed by atoms with Gasteiger partial charge in [0.15, 0.2) is 0 Å². The minimum Gasteiger partial charge on any atom is -0.493 e. The molecule has 1 unspecified atom stereocenters. The second-order valence-electron chi connectivity index (χ2n) is 5.98. The van der Waals surface area contributed by atoms with Crippen LogP contribution in [0.1, 0.15) is 61.4 Å². The van der Waals surface area contributed by atoms with Gasteiger partial charge in [0, 0.05) is 12.6 Å². The highest BCUT2D eigenvalue weighted by molar-refractivity contribution is 5.93. The van der Waals surface area contributed by atoms with Crippen LogP contribution in [0.25, 0.3) is 0 Å². The molecule has 0 radical (unpaired) electrons. The van der Waals surface area contributed by atoms with E-state index in [2.05, 4.69) is 24.3 Å². The zero-order valence-electron chi connectivity index (χ0n) is 15.0. The van der Waals surface area contributed by atoms with E-state index in [1.54, 1.807) is 11.7 Å². The molecule has 2 rings (SSSR count). The fourth-order valence-corrected chi connectivity index (χ4v) is 2.65. The number of nitrogens with one attached hydrogen (secondary N) is 1. The lowest BCUT2D eigenvalue weighted by atomic mass is 10.1. The molecule has 0 saturated heterocycles. The third-order valence-electron chi connectivity index (χ3n) is 3.86. The van der Waals surface area contributed by atoms with Crippen LogP contribution in [0.2, 0.25) is 0 Å². The van der Waals surface area contributed by atoms with Crippen molar-refractivity contribution in [1.29, 1.82) is 0 Å². The van der Waals surface area contributed by atoms with Crippen molar-refractivity contribution < 1.29 is 9.53 Å². The van der Waals surface area contributed by atoms with Crippen LogP contribution in [0, 0.1) is 0 Å². The van der Waals surface area contributed by atoms with Crippen LogP contribution in [0.5, 0.6) is 5.75 Å². The molecule has 130 valence electrons. The molecule has 0 fully saturated rings. The molecule has 0 spiro atoms. The van der Waals surface area contributed by atoms with E-state index in [9.17, 15) is 4.79 Å². The molecule has 1 aromatic carbocycles. The van der Waals surface area contributed by atoms with Crippen molar-refractivity contribution in [2.24, 2.45) is 7.05 Å². The SMILES string of the molecule is CCCOc1ccccc1C(C)NC(=O)c1cc(CCC)nn1C. The molecular weight excluding hydrogens is 302 g/mol.